The fourth-order valence-electron chi connectivity index (χ4n) is 3.41. The summed E-state index contributed by atoms with van der Waals surface area (Å²) in [6, 6.07) is 17.1. The van der Waals surface area contributed by atoms with E-state index in [1.54, 1.807) is 6.07 Å². The van der Waals surface area contributed by atoms with Crippen LogP contribution >= 0.6 is 0 Å². The molecule has 1 aliphatic rings. The Kier molecular flexibility index (Phi) is 5.71. The highest BCUT2D eigenvalue weighted by Crippen LogP contribution is 2.31. The van der Waals surface area contributed by atoms with Crippen molar-refractivity contribution in [2.45, 2.75) is 25.9 Å². The quantitative estimate of drug-likeness (QED) is 0.904. The normalized spacial score (nSPS) is 16.5. The Balaban J connectivity index is 1.60. The number of rotatable bonds is 5. The first kappa shape index (κ1) is 17.5. The predicted molar refractivity (Wildman–Crippen MR) is 97.6 cm³/mol. The van der Waals surface area contributed by atoms with E-state index in [1.807, 2.05) is 60.4 Å². The van der Waals surface area contributed by atoms with Gasteiger partial charge in [0.25, 0.3) is 5.91 Å². The van der Waals surface area contributed by atoms with E-state index in [2.05, 4.69) is 0 Å². The third-order valence-electron chi connectivity index (χ3n) is 4.81. The lowest BCUT2D eigenvalue weighted by molar-refractivity contribution is 0.0462. The van der Waals surface area contributed by atoms with Gasteiger partial charge in [-0.05, 0) is 49.4 Å². The van der Waals surface area contributed by atoms with Gasteiger partial charge in [-0.25, -0.2) is 0 Å². The first-order valence-electron chi connectivity index (χ1n) is 8.94. The number of ether oxygens (including phenoxy) is 1. The van der Waals surface area contributed by atoms with Crippen LogP contribution in [0.15, 0.2) is 54.6 Å². The van der Waals surface area contributed by atoms with E-state index in [0.29, 0.717) is 25.3 Å². The second kappa shape index (κ2) is 8.17. The summed E-state index contributed by atoms with van der Waals surface area (Å²) in [7, 11) is 0. The molecule has 0 aliphatic carbocycles. The third-order valence-corrected chi connectivity index (χ3v) is 4.81. The summed E-state index contributed by atoms with van der Waals surface area (Å²) in [5, 5.41) is 10.6. The summed E-state index contributed by atoms with van der Waals surface area (Å²) in [6.07, 6.45) is 1.17. The largest absolute Gasteiger partial charge is 0.494 e. The molecule has 1 atom stereocenters. The minimum Gasteiger partial charge on any atom is -0.494 e. The van der Waals surface area contributed by atoms with Crippen LogP contribution < -0.4 is 4.74 Å². The highest BCUT2D eigenvalue weighted by molar-refractivity contribution is 5.94. The van der Waals surface area contributed by atoms with Gasteiger partial charge in [-0.2, -0.15) is 0 Å². The van der Waals surface area contributed by atoms with Gasteiger partial charge < -0.3 is 14.7 Å². The van der Waals surface area contributed by atoms with Crippen molar-refractivity contribution in [2.24, 2.45) is 5.92 Å². The highest BCUT2D eigenvalue weighted by atomic mass is 16.5. The summed E-state index contributed by atoms with van der Waals surface area (Å²) < 4.78 is 5.48. The summed E-state index contributed by atoms with van der Waals surface area (Å²) in [5.41, 5.74) is 1.62. The molecule has 0 saturated carbocycles. The zero-order chi connectivity index (χ0) is 17.6. The average Bonchev–Trinajstić information content (AvgIpc) is 2.68. The van der Waals surface area contributed by atoms with Crippen molar-refractivity contribution in [1.29, 1.82) is 0 Å². The molecule has 4 heteroatoms. The lowest BCUT2D eigenvalue weighted by atomic mass is 9.87. The van der Waals surface area contributed by atoms with Crippen molar-refractivity contribution in [1.82, 2.24) is 4.90 Å². The van der Waals surface area contributed by atoms with Crippen LogP contribution in [0.1, 0.15) is 41.8 Å². The molecule has 1 saturated heterocycles. The third kappa shape index (κ3) is 4.20. The first-order valence-corrected chi connectivity index (χ1v) is 8.94. The maximum atomic E-state index is 12.7. The Morgan fingerprint density at radius 1 is 1.16 bits per heavy atom. The zero-order valence-corrected chi connectivity index (χ0v) is 14.6. The Labute approximate surface area is 149 Å². The van der Waals surface area contributed by atoms with Gasteiger partial charge in [-0.1, -0.05) is 36.4 Å². The van der Waals surface area contributed by atoms with E-state index in [1.165, 1.54) is 0 Å². The summed E-state index contributed by atoms with van der Waals surface area (Å²) in [4.78, 5) is 14.6. The second-order valence-electron chi connectivity index (χ2n) is 6.45. The van der Waals surface area contributed by atoms with Gasteiger partial charge in [0.05, 0.1) is 12.7 Å². The molecule has 0 spiro atoms. The minimum atomic E-state index is -0.459. The van der Waals surface area contributed by atoms with Crippen molar-refractivity contribution in [3.05, 3.63) is 65.7 Å². The Morgan fingerprint density at radius 2 is 1.88 bits per heavy atom. The first-order chi connectivity index (χ1) is 12.2. The lowest BCUT2D eigenvalue weighted by Crippen LogP contribution is -2.39. The van der Waals surface area contributed by atoms with Gasteiger partial charge in [0.2, 0.25) is 0 Å². The van der Waals surface area contributed by atoms with E-state index in [9.17, 15) is 9.90 Å². The van der Waals surface area contributed by atoms with E-state index in [0.717, 1.165) is 24.2 Å². The van der Waals surface area contributed by atoms with Gasteiger partial charge in [-0.15, -0.1) is 0 Å². The molecule has 1 aliphatic heterocycles. The fraction of sp³-hybridized carbons (Fsp3) is 0.381. The van der Waals surface area contributed by atoms with Crippen molar-refractivity contribution in [3.63, 3.8) is 0 Å². The topological polar surface area (TPSA) is 49.8 Å². The van der Waals surface area contributed by atoms with Crippen LogP contribution in [-0.4, -0.2) is 35.6 Å². The van der Waals surface area contributed by atoms with E-state index in [-0.39, 0.29) is 11.8 Å². The molecule has 4 nitrogen and oxygen atoms in total. The SMILES string of the molecule is CCOc1cccc(C(=O)N2CCC(C(O)c3ccccc3)CC2)c1. The molecule has 1 heterocycles. The van der Waals surface area contributed by atoms with E-state index >= 15 is 0 Å². The number of aliphatic hydroxyl groups is 1. The molecule has 2 aromatic carbocycles. The number of hydrogen-bond donors (Lipinski definition) is 1. The monoisotopic (exact) mass is 339 g/mol. The average molecular weight is 339 g/mol. The molecule has 1 fully saturated rings. The Morgan fingerprint density at radius 3 is 2.56 bits per heavy atom. The standard InChI is InChI=1S/C21H25NO3/c1-2-25-19-10-6-9-18(15-19)21(24)22-13-11-17(12-14-22)20(23)16-7-4-3-5-8-16/h3-10,15,17,20,23H,2,11-14H2,1H3. The van der Waals surface area contributed by atoms with Crippen molar-refractivity contribution in [3.8, 4) is 5.75 Å². The Hall–Kier alpha value is -2.33. The van der Waals surface area contributed by atoms with Gasteiger partial charge in [0.15, 0.2) is 0 Å². The van der Waals surface area contributed by atoms with Gasteiger partial charge >= 0.3 is 0 Å². The molecule has 0 bridgehead atoms. The van der Waals surface area contributed by atoms with Crippen LogP contribution in [0.2, 0.25) is 0 Å². The van der Waals surface area contributed by atoms with Crippen LogP contribution in [0.4, 0.5) is 0 Å². The number of hydrogen-bond acceptors (Lipinski definition) is 3. The predicted octanol–water partition coefficient (Wildman–Crippen LogP) is 3.67. The molecular weight excluding hydrogens is 314 g/mol. The summed E-state index contributed by atoms with van der Waals surface area (Å²) >= 11 is 0. The van der Waals surface area contributed by atoms with E-state index in [4.69, 9.17) is 4.74 Å². The molecule has 1 N–H and O–H groups in total. The van der Waals surface area contributed by atoms with Crippen LogP contribution in [0.25, 0.3) is 0 Å². The van der Waals surface area contributed by atoms with Gasteiger partial charge in [0, 0.05) is 18.7 Å². The van der Waals surface area contributed by atoms with Crippen LogP contribution in [0.5, 0.6) is 5.75 Å². The van der Waals surface area contributed by atoms with Gasteiger partial charge in [0.1, 0.15) is 5.75 Å². The number of carbonyl (C=O) groups is 1. The van der Waals surface area contributed by atoms with Crippen LogP contribution in [-0.2, 0) is 0 Å². The molecule has 25 heavy (non-hydrogen) atoms. The van der Waals surface area contributed by atoms with Crippen molar-refractivity contribution < 1.29 is 14.6 Å². The molecule has 1 amide bonds. The Bertz CT molecular complexity index is 693. The highest BCUT2D eigenvalue weighted by Gasteiger charge is 2.28. The molecule has 1 unspecified atom stereocenters. The minimum absolute atomic E-state index is 0.0363. The number of aliphatic hydroxyl groups excluding tert-OH is 1. The molecule has 132 valence electrons. The number of amides is 1. The summed E-state index contributed by atoms with van der Waals surface area (Å²) in [6.45, 7) is 3.86. The maximum Gasteiger partial charge on any atom is 0.253 e. The van der Waals surface area contributed by atoms with Gasteiger partial charge in [-0.3, -0.25) is 4.79 Å². The molecule has 0 radical (unpaired) electrons. The van der Waals surface area contributed by atoms with Crippen LogP contribution in [0.3, 0.4) is 0 Å². The lowest BCUT2D eigenvalue weighted by Gasteiger charge is -2.34. The zero-order valence-electron chi connectivity index (χ0n) is 14.6. The molecule has 0 aromatic heterocycles. The molecule has 2 aromatic rings. The molecule has 3 rings (SSSR count). The maximum absolute atomic E-state index is 12.7. The van der Waals surface area contributed by atoms with E-state index < -0.39 is 6.10 Å². The van der Waals surface area contributed by atoms with Crippen molar-refractivity contribution >= 4 is 5.91 Å². The second-order valence-corrected chi connectivity index (χ2v) is 6.45. The van der Waals surface area contributed by atoms with Crippen molar-refractivity contribution in [2.75, 3.05) is 19.7 Å². The number of carbonyl (C=O) groups excluding carboxylic acids is 1. The number of piperidine rings is 1. The molecular formula is C21H25NO3. The number of benzene rings is 2. The fourth-order valence-corrected chi connectivity index (χ4v) is 3.41. The number of likely N-dealkylation sites (tertiary alicyclic amines) is 1. The summed E-state index contributed by atoms with van der Waals surface area (Å²) in [5.74, 6) is 0.957. The smallest absolute Gasteiger partial charge is 0.253 e. The number of nitrogens with zero attached hydrogens (tertiary/aromatic N) is 1. The van der Waals surface area contributed by atoms with Crippen LogP contribution in [0, 0.1) is 5.92 Å².